The Kier molecular flexibility index (Phi) is 11.9. The second-order valence-corrected chi connectivity index (χ2v) is 13.1. The number of ether oxygens (including phenoxy) is 1. The number of benzene rings is 1. The number of hydrogen-bond donors (Lipinski definition) is 3. The van der Waals surface area contributed by atoms with Gasteiger partial charge in [-0.2, -0.15) is 5.26 Å². The van der Waals surface area contributed by atoms with Crippen LogP contribution in [0.4, 0.5) is 24.1 Å². The molecule has 0 aliphatic carbocycles. The molecule has 0 saturated carbocycles. The van der Waals surface area contributed by atoms with Crippen molar-refractivity contribution in [3.8, 4) is 6.07 Å². The Balaban J connectivity index is 0.000000386. The quantitative estimate of drug-likeness (QED) is 0.164. The van der Waals surface area contributed by atoms with Crippen LogP contribution in [0.5, 0.6) is 0 Å². The minimum absolute atomic E-state index is 0.0859. The lowest BCUT2D eigenvalue weighted by molar-refractivity contribution is -0.127. The van der Waals surface area contributed by atoms with Gasteiger partial charge in [-0.1, -0.05) is 24.6 Å². The Morgan fingerprint density at radius 3 is 2.47 bits per heavy atom. The molecule has 2 aliphatic heterocycles. The van der Waals surface area contributed by atoms with E-state index in [0.29, 0.717) is 35.9 Å². The summed E-state index contributed by atoms with van der Waals surface area (Å²) in [6.45, 7) is 9.68. The summed E-state index contributed by atoms with van der Waals surface area (Å²) in [5.41, 5.74) is 6.92. The van der Waals surface area contributed by atoms with Gasteiger partial charge in [-0.3, -0.25) is 0 Å². The van der Waals surface area contributed by atoms with Crippen molar-refractivity contribution in [3.05, 3.63) is 69.0 Å². The van der Waals surface area contributed by atoms with E-state index in [2.05, 4.69) is 22.6 Å². The summed E-state index contributed by atoms with van der Waals surface area (Å²) in [6.07, 6.45) is 4.29. The van der Waals surface area contributed by atoms with E-state index in [0.717, 1.165) is 22.5 Å². The topological polar surface area (TPSA) is 129 Å². The average molecular weight is 681 g/mol. The number of nitrogen functional groups attached to an aromatic ring is 1. The molecule has 0 amide bonds. The predicted molar refractivity (Wildman–Crippen MR) is 191 cm³/mol. The number of nitriles is 1. The minimum atomic E-state index is -2.49. The van der Waals surface area contributed by atoms with Gasteiger partial charge in [-0.15, -0.1) is 23.0 Å². The molecule has 2 aromatic heterocycles. The molecular formula is C33H34B4F3N5O3S. The zero-order valence-electron chi connectivity index (χ0n) is 27.6. The number of rotatable bonds is 9. The highest BCUT2D eigenvalue weighted by Gasteiger charge is 2.36. The van der Waals surface area contributed by atoms with E-state index in [9.17, 15) is 9.65 Å². The Bertz CT molecular complexity index is 1840. The molecule has 49 heavy (non-hydrogen) atoms. The van der Waals surface area contributed by atoms with Crippen LogP contribution in [0.25, 0.3) is 22.3 Å². The molecule has 0 spiro atoms. The van der Waals surface area contributed by atoms with Gasteiger partial charge >= 0.3 is 0 Å². The number of fused-ring (bicyclic) bond motifs is 3. The maximum Gasteiger partial charge on any atom is 0.226 e. The lowest BCUT2D eigenvalue weighted by Gasteiger charge is -2.39. The number of thiophene rings is 1. The summed E-state index contributed by atoms with van der Waals surface area (Å²) in [6, 6.07) is 2.10. The Labute approximate surface area is 293 Å². The van der Waals surface area contributed by atoms with Crippen molar-refractivity contribution >= 4 is 76.0 Å². The van der Waals surface area contributed by atoms with Gasteiger partial charge in [0, 0.05) is 29.3 Å². The molecule has 1 aromatic carbocycles. The number of nitrogens with two attached hydrogens (primary N) is 1. The zero-order valence-corrected chi connectivity index (χ0v) is 28.4. The summed E-state index contributed by atoms with van der Waals surface area (Å²) >= 11 is 0.968. The summed E-state index contributed by atoms with van der Waals surface area (Å²) in [5, 5.41) is 26.9. The minimum Gasteiger partial charge on any atom is -0.389 e. The van der Waals surface area contributed by atoms with Crippen LogP contribution in [0.15, 0.2) is 30.5 Å². The summed E-state index contributed by atoms with van der Waals surface area (Å²) < 4.78 is 51.4. The first kappa shape index (κ1) is 38.3. The van der Waals surface area contributed by atoms with Gasteiger partial charge in [0.15, 0.2) is 13.7 Å². The second kappa shape index (κ2) is 15.2. The third-order valence-electron chi connectivity index (χ3n) is 8.59. The van der Waals surface area contributed by atoms with E-state index >= 15 is 8.78 Å². The van der Waals surface area contributed by atoms with Crippen LogP contribution in [-0.4, -0.2) is 76.5 Å². The largest absolute Gasteiger partial charge is 0.389 e. The molecule has 1 saturated heterocycles. The lowest BCUT2D eigenvalue weighted by atomic mass is 9.35. The normalized spacial score (nSPS) is 17.7. The third kappa shape index (κ3) is 7.80. The number of aromatic nitrogens is 2. The number of halogens is 3. The van der Waals surface area contributed by atoms with Crippen molar-refractivity contribution < 1.29 is 28.1 Å². The van der Waals surface area contributed by atoms with Gasteiger partial charge in [-0.25, -0.2) is 23.1 Å². The molecule has 0 bridgehead atoms. The average Bonchev–Trinajstić information content (AvgIpc) is 3.78. The first-order valence-corrected chi connectivity index (χ1v) is 16.3. The van der Waals surface area contributed by atoms with Crippen molar-refractivity contribution in [1.29, 1.82) is 5.26 Å². The van der Waals surface area contributed by atoms with Gasteiger partial charge in [0.05, 0.1) is 53.7 Å². The molecule has 2 atom stereocenters. The Hall–Kier alpha value is -3.50. The molecule has 8 nitrogen and oxygen atoms in total. The smallest absolute Gasteiger partial charge is 0.226 e. The first-order valence-electron chi connectivity index (χ1n) is 15.5. The Morgan fingerprint density at radius 2 is 1.96 bits per heavy atom. The SMILES string of the molecule is C/C=C(/F)c1sc(N)c(C#N)c1/C(=C(\C)CC)c1c2c(c3cnc(N4CCC(F)C4)nc3c1F)COC2.[B]C([B])([B])C(CC=C)C([B])(O)O. The van der Waals surface area contributed by atoms with E-state index in [1.165, 1.54) is 12.2 Å². The number of hydrogen-bond acceptors (Lipinski definition) is 9. The third-order valence-corrected chi connectivity index (χ3v) is 9.62. The molecule has 8 radical (unpaired) electrons. The summed E-state index contributed by atoms with van der Waals surface area (Å²) in [5.74, 6) is -1.96. The van der Waals surface area contributed by atoms with Gasteiger partial charge in [-0.05, 0) is 55.7 Å². The van der Waals surface area contributed by atoms with Crippen LogP contribution in [0.1, 0.15) is 72.7 Å². The predicted octanol–water partition coefficient (Wildman–Crippen LogP) is 4.99. The van der Waals surface area contributed by atoms with Crippen molar-refractivity contribution in [1.82, 2.24) is 9.97 Å². The maximum atomic E-state index is 16.7. The highest BCUT2D eigenvalue weighted by molar-refractivity contribution is 7.17. The lowest BCUT2D eigenvalue weighted by Crippen LogP contribution is -2.45. The van der Waals surface area contributed by atoms with Crippen molar-refractivity contribution in [2.24, 2.45) is 5.92 Å². The maximum absolute atomic E-state index is 16.7. The van der Waals surface area contributed by atoms with Crippen molar-refractivity contribution in [3.63, 3.8) is 0 Å². The number of aliphatic hydroxyl groups is 2. The number of anilines is 2. The van der Waals surface area contributed by atoms with Gasteiger partial charge in [0.25, 0.3) is 0 Å². The summed E-state index contributed by atoms with van der Waals surface area (Å²) in [7, 11) is 20.8. The standard InChI is InChI=1S/C27H26F3N5OS.C6H8B4O2/c1-4-13(3)20(22-15(8-31)26(32)37-25(22)19(29)5-2)21-18-12-36-11-17(18)16-9-33-27(34-24(16)23(21)30)35-7-6-14(28)10-35;1-2-3-4(5(7,8)9)6(10,11)12/h5,9,14H,4,6-7,10-12,32H2,1-3H3;2,4,11-12H,1,3H2/b19-5+,20-13+;. The fourth-order valence-corrected chi connectivity index (χ4v) is 6.95. The Morgan fingerprint density at radius 1 is 1.29 bits per heavy atom. The van der Waals surface area contributed by atoms with Crippen molar-refractivity contribution in [2.75, 3.05) is 23.7 Å². The van der Waals surface area contributed by atoms with Crippen LogP contribution in [0, 0.1) is 23.1 Å². The molecule has 2 unspecified atom stereocenters. The molecule has 16 heteroatoms. The molecule has 3 aromatic rings. The number of alkyl halides is 1. The number of allylic oxidation sites excluding steroid dienone is 3. The van der Waals surface area contributed by atoms with E-state index in [1.54, 1.807) is 18.0 Å². The summed E-state index contributed by atoms with van der Waals surface area (Å²) in [4.78, 5) is 10.8. The van der Waals surface area contributed by atoms with Crippen LogP contribution in [0.3, 0.4) is 0 Å². The highest BCUT2D eigenvalue weighted by Crippen LogP contribution is 2.47. The van der Waals surface area contributed by atoms with Gasteiger partial charge < -0.3 is 25.6 Å². The molecule has 4 N–H and O–H groups in total. The van der Waals surface area contributed by atoms with Gasteiger partial charge in [0.2, 0.25) is 5.95 Å². The molecule has 1 fully saturated rings. The van der Waals surface area contributed by atoms with Gasteiger partial charge in [0.1, 0.15) is 34.3 Å². The molecule has 2 aliphatic rings. The van der Waals surface area contributed by atoms with E-state index in [4.69, 9.17) is 52.1 Å². The van der Waals surface area contributed by atoms with E-state index in [-0.39, 0.29) is 64.2 Å². The monoisotopic (exact) mass is 681 g/mol. The van der Waals surface area contributed by atoms with Crippen LogP contribution >= 0.6 is 11.3 Å². The van der Waals surface area contributed by atoms with Crippen LogP contribution < -0.4 is 10.6 Å². The zero-order chi connectivity index (χ0) is 36.4. The number of nitrogens with zero attached hydrogens (tertiary/aromatic N) is 4. The molecule has 5 rings (SSSR count). The first-order chi connectivity index (χ1) is 23.0. The highest BCUT2D eigenvalue weighted by atomic mass is 32.1. The molecule has 4 heterocycles. The van der Waals surface area contributed by atoms with E-state index in [1.807, 2.05) is 13.8 Å². The fraction of sp³-hybridized carbons (Fsp3) is 0.424. The molecule has 248 valence electrons. The fourth-order valence-electron chi connectivity index (χ4n) is 5.95. The second-order valence-electron chi connectivity index (χ2n) is 12.1. The van der Waals surface area contributed by atoms with Crippen LogP contribution in [0.2, 0.25) is 5.11 Å². The van der Waals surface area contributed by atoms with Crippen molar-refractivity contribution in [2.45, 2.75) is 70.2 Å². The van der Waals surface area contributed by atoms with E-state index < -0.39 is 34.5 Å². The molecular weight excluding hydrogens is 647 g/mol. The van der Waals surface area contributed by atoms with Crippen LogP contribution in [-0.2, 0) is 18.0 Å².